The average molecular weight is 325 g/mol. The number of hydrogen-bond donors (Lipinski definition) is 1. The fraction of sp³-hybridized carbons (Fsp3) is 0.0769. The zero-order valence-electron chi connectivity index (χ0n) is 9.98. The lowest BCUT2D eigenvalue weighted by molar-refractivity contribution is 0.102. The van der Waals surface area contributed by atoms with Crippen LogP contribution in [0.15, 0.2) is 41.0 Å². The molecular weight excluding hydrogens is 315 g/mol. The molecule has 0 spiro atoms. The number of nitrogens with one attached hydrogen (secondary N) is 1. The van der Waals surface area contributed by atoms with Gasteiger partial charge in [0.15, 0.2) is 0 Å². The van der Waals surface area contributed by atoms with Crippen molar-refractivity contribution in [3.63, 3.8) is 0 Å². The van der Waals surface area contributed by atoms with Gasteiger partial charge < -0.3 is 10.1 Å². The van der Waals surface area contributed by atoms with Crippen LogP contribution in [0.1, 0.15) is 10.5 Å². The van der Waals surface area contributed by atoms with Crippen molar-refractivity contribution in [1.82, 2.24) is 4.98 Å². The van der Waals surface area contributed by atoms with Gasteiger partial charge >= 0.3 is 0 Å². The minimum atomic E-state index is -0.488. The van der Waals surface area contributed by atoms with Gasteiger partial charge in [-0.3, -0.25) is 4.79 Å². The molecule has 1 amide bonds. The summed E-state index contributed by atoms with van der Waals surface area (Å²) in [5.41, 5.74) is 0.554. The SMILES string of the molecule is COc1cc(F)cc(NC(=O)c2ccc(Br)cn2)c1. The van der Waals surface area contributed by atoms with E-state index in [0.29, 0.717) is 11.4 Å². The topological polar surface area (TPSA) is 51.2 Å². The first-order valence-electron chi connectivity index (χ1n) is 5.36. The summed E-state index contributed by atoms with van der Waals surface area (Å²) in [5, 5.41) is 2.56. The first-order valence-corrected chi connectivity index (χ1v) is 6.15. The number of rotatable bonds is 3. The van der Waals surface area contributed by atoms with Gasteiger partial charge in [0.05, 0.1) is 7.11 Å². The summed E-state index contributed by atoms with van der Waals surface area (Å²) in [5.74, 6) is -0.572. The van der Waals surface area contributed by atoms with E-state index in [4.69, 9.17) is 4.74 Å². The number of pyridine rings is 1. The smallest absolute Gasteiger partial charge is 0.274 e. The molecule has 1 aromatic carbocycles. The Hall–Kier alpha value is -1.95. The molecule has 0 aliphatic carbocycles. The van der Waals surface area contributed by atoms with Crippen LogP contribution in [0.25, 0.3) is 0 Å². The molecule has 0 aliphatic heterocycles. The minimum absolute atomic E-state index is 0.242. The molecule has 1 N–H and O–H groups in total. The lowest BCUT2D eigenvalue weighted by Gasteiger charge is -2.07. The van der Waals surface area contributed by atoms with E-state index in [9.17, 15) is 9.18 Å². The van der Waals surface area contributed by atoms with Crippen LogP contribution in [0.3, 0.4) is 0 Å². The van der Waals surface area contributed by atoms with Crippen molar-refractivity contribution in [3.8, 4) is 5.75 Å². The molecule has 1 aromatic heterocycles. The Morgan fingerprint density at radius 3 is 2.79 bits per heavy atom. The van der Waals surface area contributed by atoms with Gasteiger partial charge in [-0.05, 0) is 34.1 Å². The number of methoxy groups -OCH3 is 1. The quantitative estimate of drug-likeness (QED) is 0.942. The van der Waals surface area contributed by atoms with E-state index in [-0.39, 0.29) is 5.69 Å². The van der Waals surface area contributed by atoms with Crippen LogP contribution >= 0.6 is 15.9 Å². The van der Waals surface area contributed by atoms with Crippen LogP contribution < -0.4 is 10.1 Å². The van der Waals surface area contributed by atoms with Gasteiger partial charge in [0.2, 0.25) is 0 Å². The van der Waals surface area contributed by atoms with Crippen molar-refractivity contribution in [3.05, 3.63) is 52.5 Å². The lowest BCUT2D eigenvalue weighted by Crippen LogP contribution is -2.13. The molecule has 2 rings (SSSR count). The third-order valence-electron chi connectivity index (χ3n) is 2.32. The zero-order valence-corrected chi connectivity index (χ0v) is 11.6. The predicted molar refractivity (Wildman–Crippen MR) is 72.8 cm³/mol. The number of hydrogen-bond acceptors (Lipinski definition) is 3. The van der Waals surface area contributed by atoms with Crippen molar-refractivity contribution in [1.29, 1.82) is 0 Å². The maximum atomic E-state index is 13.3. The average Bonchev–Trinajstić information content (AvgIpc) is 2.38. The first kappa shape index (κ1) is 13.5. The molecule has 19 heavy (non-hydrogen) atoms. The van der Waals surface area contributed by atoms with Crippen LogP contribution in [0.2, 0.25) is 0 Å². The third-order valence-corrected chi connectivity index (χ3v) is 2.79. The van der Waals surface area contributed by atoms with Crippen LogP contribution in [0, 0.1) is 5.82 Å². The highest BCUT2D eigenvalue weighted by Crippen LogP contribution is 2.20. The van der Waals surface area contributed by atoms with Gasteiger partial charge in [-0.25, -0.2) is 9.37 Å². The van der Waals surface area contributed by atoms with Crippen LogP contribution in [0.5, 0.6) is 5.75 Å². The van der Waals surface area contributed by atoms with E-state index in [1.54, 1.807) is 12.1 Å². The number of benzene rings is 1. The van der Waals surface area contributed by atoms with Gasteiger partial charge in [-0.1, -0.05) is 0 Å². The molecule has 1 heterocycles. The molecule has 0 saturated heterocycles. The maximum Gasteiger partial charge on any atom is 0.274 e. The van der Waals surface area contributed by atoms with Gasteiger partial charge in [0.25, 0.3) is 5.91 Å². The van der Waals surface area contributed by atoms with Crippen molar-refractivity contribution in [2.75, 3.05) is 12.4 Å². The van der Waals surface area contributed by atoms with Crippen molar-refractivity contribution >= 4 is 27.5 Å². The molecule has 6 heteroatoms. The molecule has 4 nitrogen and oxygen atoms in total. The molecule has 0 radical (unpaired) electrons. The molecule has 2 aromatic rings. The Labute approximate surface area is 117 Å². The highest BCUT2D eigenvalue weighted by atomic mass is 79.9. The molecule has 0 saturated carbocycles. The summed E-state index contributed by atoms with van der Waals surface area (Å²) < 4.78 is 19.0. The summed E-state index contributed by atoms with van der Waals surface area (Å²) in [6.07, 6.45) is 1.51. The van der Waals surface area contributed by atoms with Crippen LogP contribution in [-0.4, -0.2) is 18.0 Å². The van der Waals surface area contributed by atoms with Gasteiger partial charge in [-0.2, -0.15) is 0 Å². The maximum absolute atomic E-state index is 13.3. The Bertz CT molecular complexity index is 602. The number of ether oxygens (including phenoxy) is 1. The van der Waals surface area contributed by atoms with Gasteiger partial charge in [0.1, 0.15) is 17.3 Å². The normalized spacial score (nSPS) is 10.1. The summed E-state index contributed by atoms with van der Waals surface area (Å²) >= 11 is 3.23. The molecule has 98 valence electrons. The van der Waals surface area contributed by atoms with E-state index in [2.05, 4.69) is 26.2 Å². The summed E-state index contributed by atoms with van der Waals surface area (Å²) in [6, 6.07) is 7.23. The number of anilines is 1. The van der Waals surface area contributed by atoms with Crippen molar-refractivity contribution < 1.29 is 13.9 Å². The second kappa shape index (κ2) is 5.79. The Kier molecular flexibility index (Phi) is 4.11. The van der Waals surface area contributed by atoms with Gasteiger partial charge in [-0.15, -0.1) is 0 Å². The largest absolute Gasteiger partial charge is 0.497 e. The highest BCUT2D eigenvalue weighted by molar-refractivity contribution is 9.10. The van der Waals surface area contributed by atoms with E-state index in [1.807, 2.05) is 0 Å². The molecule has 0 fully saturated rings. The summed E-state index contributed by atoms with van der Waals surface area (Å²) in [6.45, 7) is 0. The number of aromatic nitrogens is 1. The first-order chi connectivity index (χ1) is 9.08. The van der Waals surface area contributed by atoms with E-state index in [1.165, 1.54) is 31.5 Å². The number of halogens is 2. The van der Waals surface area contributed by atoms with Crippen molar-refractivity contribution in [2.45, 2.75) is 0 Å². The standard InChI is InChI=1S/C13H10BrFN2O2/c1-19-11-5-9(15)4-10(6-11)17-13(18)12-3-2-8(14)7-16-12/h2-7H,1H3,(H,17,18). The number of amides is 1. The molecule has 0 bridgehead atoms. The number of nitrogens with zero attached hydrogens (tertiary/aromatic N) is 1. The van der Waals surface area contributed by atoms with Crippen LogP contribution in [0.4, 0.5) is 10.1 Å². The van der Waals surface area contributed by atoms with Gasteiger partial charge in [0, 0.05) is 28.5 Å². The van der Waals surface area contributed by atoms with E-state index in [0.717, 1.165) is 4.47 Å². The Morgan fingerprint density at radius 1 is 1.37 bits per heavy atom. The Morgan fingerprint density at radius 2 is 2.16 bits per heavy atom. The second-order valence-corrected chi connectivity index (χ2v) is 4.61. The fourth-order valence-corrected chi connectivity index (χ4v) is 1.69. The zero-order chi connectivity index (χ0) is 13.8. The molecule has 0 atom stereocenters. The highest BCUT2D eigenvalue weighted by Gasteiger charge is 2.09. The van der Waals surface area contributed by atoms with E-state index >= 15 is 0 Å². The predicted octanol–water partition coefficient (Wildman–Crippen LogP) is 3.24. The molecule has 0 aliphatic rings. The van der Waals surface area contributed by atoms with Crippen LogP contribution in [-0.2, 0) is 0 Å². The summed E-state index contributed by atoms with van der Waals surface area (Å²) in [4.78, 5) is 15.8. The monoisotopic (exact) mass is 324 g/mol. The fourth-order valence-electron chi connectivity index (χ4n) is 1.46. The molecular formula is C13H10BrFN2O2. The van der Waals surface area contributed by atoms with Crippen molar-refractivity contribution in [2.24, 2.45) is 0 Å². The van der Waals surface area contributed by atoms with E-state index < -0.39 is 11.7 Å². The number of carbonyl (C=O) groups is 1. The Balaban J connectivity index is 2.18. The third kappa shape index (κ3) is 3.51. The minimum Gasteiger partial charge on any atom is -0.497 e. The number of carbonyl (C=O) groups excluding carboxylic acids is 1. The lowest BCUT2D eigenvalue weighted by atomic mass is 10.2. The molecule has 0 unspecified atom stereocenters. The second-order valence-electron chi connectivity index (χ2n) is 3.70. The summed E-state index contributed by atoms with van der Waals surface area (Å²) in [7, 11) is 1.43.